The summed E-state index contributed by atoms with van der Waals surface area (Å²) in [6.45, 7) is 0.718. The molecule has 7 heteroatoms. The number of carbonyl (C=O) groups excluding carboxylic acids is 1. The van der Waals surface area contributed by atoms with Gasteiger partial charge >= 0.3 is 0 Å². The molecule has 1 aromatic heterocycles. The van der Waals surface area contributed by atoms with Gasteiger partial charge in [0.15, 0.2) is 0 Å². The second-order valence-electron chi connectivity index (χ2n) is 7.27. The highest BCUT2D eigenvalue weighted by molar-refractivity contribution is 6.30. The lowest BCUT2D eigenvalue weighted by Gasteiger charge is -2.38. The number of pyridine rings is 1. The molecule has 1 aliphatic rings. The van der Waals surface area contributed by atoms with Crippen molar-refractivity contribution in [3.05, 3.63) is 75.0 Å². The molecule has 2 N–H and O–H groups in total. The van der Waals surface area contributed by atoms with Crippen molar-refractivity contribution in [3.63, 3.8) is 0 Å². The van der Waals surface area contributed by atoms with E-state index in [0.29, 0.717) is 47.6 Å². The first-order valence-corrected chi connectivity index (χ1v) is 9.76. The minimum Gasteiger partial charge on any atom is -0.497 e. The predicted molar refractivity (Wildman–Crippen MR) is 112 cm³/mol. The molecule has 150 valence electrons. The summed E-state index contributed by atoms with van der Waals surface area (Å²) >= 11 is 5.93. The number of H-pyrrole nitrogens is 1. The molecule has 1 amide bonds. The van der Waals surface area contributed by atoms with Gasteiger partial charge in [0, 0.05) is 35.8 Å². The van der Waals surface area contributed by atoms with E-state index in [-0.39, 0.29) is 16.9 Å². The summed E-state index contributed by atoms with van der Waals surface area (Å²) in [4.78, 5) is 30.4. The molecule has 0 unspecified atom stereocenters. The first kappa shape index (κ1) is 19.5. The summed E-state index contributed by atoms with van der Waals surface area (Å²) in [7, 11) is 1.55. The summed E-state index contributed by atoms with van der Waals surface area (Å²) in [6, 6.07) is 12.2. The van der Waals surface area contributed by atoms with Crippen LogP contribution in [-0.4, -0.2) is 41.1 Å². The number of hydrogen-bond donors (Lipinski definition) is 2. The van der Waals surface area contributed by atoms with Crippen molar-refractivity contribution in [1.82, 2.24) is 9.88 Å². The quantitative estimate of drug-likeness (QED) is 0.691. The maximum Gasteiger partial charge on any atom is 0.259 e. The van der Waals surface area contributed by atoms with Gasteiger partial charge in [-0.15, -0.1) is 0 Å². The summed E-state index contributed by atoms with van der Waals surface area (Å²) in [5.74, 6) is 0.298. The fourth-order valence-electron chi connectivity index (χ4n) is 3.79. The lowest BCUT2D eigenvalue weighted by molar-refractivity contribution is -0.0211. The van der Waals surface area contributed by atoms with Gasteiger partial charge < -0.3 is 19.7 Å². The Morgan fingerprint density at radius 3 is 2.52 bits per heavy atom. The fourth-order valence-corrected chi connectivity index (χ4v) is 3.91. The van der Waals surface area contributed by atoms with Gasteiger partial charge in [-0.3, -0.25) is 9.59 Å². The summed E-state index contributed by atoms with van der Waals surface area (Å²) in [5.41, 5.74) is 0.172. The SMILES string of the molecule is COc1ccc2c(=O)c(C(=O)N3CCC(O)(c4ccc(Cl)cc4)CC3)c[nH]c2c1. The van der Waals surface area contributed by atoms with Gasteiger partial charge in [0.05, 0.1) is 18.2 Å². The molecule has 1 aliphatic heterocycles. The topological polar surface area (TPSA) is 82.6 Å². The van der Waals surface area contributed by atoms with E-state index in [0.717, 1.165) is 5.56 Å². The molecule has 1 fully saturated rings. The number of amides is 1. The van der Waals surface area contributed by atoms with Crippen LogP contribution >= 0.6 is 11.6 Å². The number of aromatic nitrogens is 1. The maximum absolute atomic E-state index is 13.0. The normalized spacial score (nSPS) is 16.0. The van der Waals surface area contributed by atoms with E-state index < -0.39 is 5.60 Å². The standard InChI is InChI=1S/C22H21ClN2O4/c1-29-16-6-7-17-19(12-16)24-13-18(20(17)26)21(27)25-10-8-22(28,9-11-25)14-2-4-15(23)5-3-14/h2-7,12-13,28H,8-11H2,1H3,(H,24,26). The number of aromatic amines is 1. The van der Waals surface area contributed by atoms with Crippen LogP contribution in [0, 0.1) is 0 Å². The van der Waals surface area contributed by atoms with Crippen molar-refractivity contribution in [2.24, 2.45) is 0 Å². The van der Waals surface area contributed by atoms with E-state index in [1.807, 2.05) is 12.1 Å². The molecule has 0 radical (unpaired) electrons. The molecular formula is C22H21ClN2O4. The minimum atomic E-state index is -1.01. The Kier molecular flexibility index (Phi) is 5.06. The number of rotatable bonds is 3. The van der Waals surface area contributed by atoms with Crippen LogP contribution in [0.3, 0.4) is 0 Å². The largest absolute Gasteiger partial charge is 0.497 e. The lowest BCUT2D eigenvalue weighted by Crippen LogP contribution is -2.46. The van der Waals surface area contributed by atoms with E-state index in [1.54, 1.807) is 42.3 Å². The minimum absolute atomic E-state index is 0.0969. The van der Waals surface area contributed by atoms with Crippen LogP contribution < -0.4 is 10.2 Å². The third-order valence-electron chi connectivity index (χ3n) is 5.58. The molecule has 6 nitrogen and oxygen atoms in total. The summed E-state index contributed by atoms with van der Waals surface area (Å²) in [5, 5.41) is 12.0. The van der Waals surface area contributed by atoms with Gasteiger partial charge in [-0.1, -0.05) is 23.7 Å². The number of nitrogens with zero attached hydrogens (tertiary/aromatic N) is 1. The smallest absolute Gasteiger partial charge is 0.259 e. The van der Waals surface area contributed by atoms with Crippen molar-refractivity contribution in [2.45, 2.75) is 18.4 Å². The molecule has 0 spiro atoms. The van der Waals surface area contributed by atoms with E-state index in [2.05, 4.69) is 4.98 Å². The molecular weight excluding hydrogens is 392 g/mol. The first-order valence-electron chi connectivity index (χ1n) is 9.38. The van der Waals surface area contributed by atoms with E-state index >= 15 is 0 Å². The second kappa shape index (κ2) is 7.54. The highest BCUT2D eigenvalue weighted by Crippen LogP contribution is 2.33. The summed E-state index contributed by atoms with van der Waals surface area (Å²) < 4.78 is 5.17. The van der Waals surface area contributed by atoms with Crippen LogP contribution in [0.1, 0.15) is 28.8 Å². The number of aliphatic hydroxyl groups is 1. The molecule has 2 heterocycles. The number of halogens is 1. The molecule has 4 rings (SSSR count). The van der Waals surface area contributed by atoms with Crippen molar-refractivity contribution in [3.8, 4) is 5.75 Å². The Hall–Kier alpha value is -2.83. The molecule has 3 aromatic rings. The Labute approximate surface area is 172 Å². The zero-order valence-electron chi connectivity index (χ0n) is 15.9. The zero-order valence-corrected chi connectivity index (χ0v) is 16.7. The van der Waals surface area contributed by atoms with Crippen LogP contribution in [0.25, 0.3) is 10.9 Å². The zero-order chi connectivity index (χ0) is 20.6. The van der Waals surface area contributed by atoms with Crippen molar-refractivity contribution >= 4 is 28.4 Å². The van der Waals surface area contributed by atoms with Gasteiger partial charge in [0.25, 0.3) is 5.91 Å². The molecule has 0 aliphatic carbocycles. The van der Waals surface area contributed by atoms with Crippen LogP contribution in [-0.2, 0) is 5.60 Å². The number of piperidine rings is 1. The number of ether oxygens (including phenoxy) is 1. The monoisotopic (exact) mass is 412 g/mol. The average Bonchev–Trinajstić information content (AvgIpc) is 2.74. The Morgan fingerprint density at radius 1 is 1.17 bits per heavy atom. The Balaban J connectivity index is 1.54. The Morgan fingerprint density at radius 2 is 1.86 bits per heavy atom. The number of carbonyl (C=O) groups is 1. The van der Waals surface area contributed by atoms with Crippen LogP contribution in [0.15, 0.2) is 53.5 Å². The average molecular weight is 413 g/mol. The first-order chi connectivity index (χ1) is 13.9. The van der Waals surface area contributed by atoms with Gasteiger partial charge in [-0.25, -0.2) is 0 Å². The lowest BCUT2D eigenvalue weighted by atomic mass is 9.84. The molecule has 29 heavy (non-hydrogen) atoms. The molecule has 0 bridgehead atoms. The van der Waals surface area contributed by atoms with Crippen LogP contribution in [0.5, 0.6) is 5.75 Å². The number of hydrogen-bond acceptors (Lipinski definition) is 4. The number of nitrogens with one attached hydrogen (secondary N) is 1. The predicted octanol–water partition coefficient (Wildman–Crippen LogP) is 3.31. The van der Waals surface area contributed by atoms with Gasteiger partial charge in [-0.05, 0) is 42.7 Å². The van der Waals surface area contributed by atoms with Gasteiger partial charge in [0.2, 0.25) is 5.43 Å². The number of methoxy groups -OCH3 is 1. The molecule has 1 saturated heterocycles. The number of fused-ring (bicyclic) bond motifs is 1. The third kappa shape index (κ3) is 3.61. The van der Waals surface area contributed by atoms with Crippen molar-refractivity contribution in [1.29, 1.82) is 0 Å². The number of benzene rings is 2. The molecule has 0 atom stereocenters. The van der Waals surface area contributed by atoms with E-state index in [9.17, 15) is 14.7 Å². The van der Waals surface area contributed by atoms with Gasteiger partial charge in [-0.2, -0.15) is 0 Å². The van der Waals surface area contributed by atoms with E-state index in [4.69, 9.17) is 16.3 Å². The van der Waals surface area contributed by atoms with E-state index in [1.165, 1.54) is 6.20 Å². The Bertz CT molecular complexity index is 1120. The highest BCUT2D eigenvalue weighted by Gasteiger charge is 2.36. The van der Waals surface area contributed by atoms with Gasteiger partial charge in [0.1, 0.15) is 11.3 Å². The highest BCUT2D eigenvalue weighted by atomic mass is 35.5. The number of likely N-dealkylation sites (tertiary alicyclic amines) is 1. The molecule has 0 saturated carbocycles. The second-order valence-corrected chi connectivity index (χ2v) is 7.71. The van der Waals surface area contributed by atoms with Crippen molar-refractivity contribution in [2.75, 3.05) is 20.2 Å². The van der Waals surface area contributed by atoms with Crippen molar-refractivity contribution < 1.29 is 14.6 Å². The fraction of sp³-hybridized carbons (Fsp3) is 0.273. The van der Waals surface area contributed by atoms with Crippen LogP contribution in [0.4, 0.5) is 0 Å². The summed E-state index contributed by atoms with van der Waals surface area (Å²) in [6.07, 6.45) is 2.23. The maximum atomic E-state index is 13.0. The van der Waals surface area contributed by atoms with Crippen LogP contribution in [0.2, 0.25) is 5.02 Å². The molecule has 2 aromatic carbocycles. The third-order valence-corrected chi connectivity index (χ3v) is 5.83.